The number of nitrogens with zero attached hydrogens (tertiary/aromatic N) is 2. The summed E-state index contributed by atoms with van der Waals surface area (Å²) in [5, 5.41) is 2.98. The van der Waals surface area contributed by atoms with E-state index in [1.165, 1.54) is 11.1 Å². The lowest BCUT2D eigenvalue weighted by atomic mass is 10.1. The molecular formula is C24H27N3O3. The van der Waals surface area contributed by atoms with E-state index in [0.29, 0.717) is 19.6 Å². The van der Waals surface area contributed by atoms with Crippen LogP contribution in [-0.4, -0.2) is 30.8 Å². The van der Waals surface area contributed by atoms with Gasteiger partial charge >= 0.3 is 0 Å². The minimum atomic E-state index is -0.356. The predicted octanol–water partition coefficient (Wildman–Crippen LogP) is 2.88. The van der Waals surface area contributed by atoms with Gasteiger partial charge in [-0.05, 0) is 60.7 Å². The Morgan fingerprint density at radius 3 is 2.63 bits per heavy atom. The van der Waals surface area contributed by atoms with Gasteiger partial charge in [0.05, 0.1) is 5.92 Å². The molecule has 156 valence electrons. The molecule has 2 aliphatic rings. The zero-order chi connectivity index (χ0) is 21.4. The minimum absolute atomic E-state index is 0.0271. The van der Waals surface area contributed by atoms with Crippen molar-refractivity contribution in [3.05, 3.63) is 58.7 Å². The Bertz CT molecular complexity index is 1030. The largest absolute Gasteiger partial charge is 0.352 e. The lowest BCUT2D eigenvalue weighted by molar-refractivity contribution is -0.126. The fourth-order valence-corrected chi connectivity index (χ4v) is 4.26. The number of carbonyl (C=O) groups excluding carboxylic acids is 3. The van der Waals surface area contributed by atoms with Crippen molar-refractivity contribution in [1.29, 1.82) is 0 Å². The highest BCUT2D eigenvalue weighted by Gasteiger charge is 2.35. The van der Waals surface area contributed by atoms with Crippen molar-refractivity contribution in [3.63, 3.8) is 0 Å². The Kier molecular flexibility index (Phi) is 5.33. The first-order chi connectivity index (χ1) is 14.3. The highest BCUT2D eigenvalue weighted by atomic mass is 16.2. The monoisotopic (exact) mass is 405 g/mol. The summed E-state index contributed by atoms with van der Waals surface area (Å²) in [5.74, 6) is -0.457. The molecule has 1 atom stereocenters. The second kappa shape index (κ2) is 7.94. The second-order valence-electron chi connectivity index (χ2n) is 8.28. The molecule has 0 radical (unpaired) electrons. The molecule has 1 N–H and O–H groups in total. The number of aryl methyl sites for hydroxylation is 2. The van der Waals surface area contributed by atoms with E-state index in [1.807, 2.05) is 24.3 Å². The van der Waals surface area contributed by atoms with E-state index in [2.05, 4.69) is 31.3 Å². The van der Waals surface area contributed by atoms with E-state index in [9.17, 15) is 14.4 Å². The molecule has 0 unspecified atom stereocenters. The number of carbonyl (C=O) groups is 3. The highest BCUT2D eigenvalue weighted by molar-refractivity contribution is 6.01. The SMILES string of the molecule is CC(=O)N1CCc2cc(N3C[C@H](C(=O)NCc4ccc(C)c(C)c4)CC3=O)ccc21. The van der Waals surface area contributed by atoms with Crippen LogP contribution in [0.25, 0.3) is 0 Å². The first-order valence-corrected chi connectivity index (χ1v) is 10.4. The molecular weight excluding hydrogens is 378 g/mol. The number of hydrogen-bond donors (Lipinski definition) is 1. The number of fused-ring (bicyclic) bond motifs is 1. The van der Waals surface area contributed by atoms with Crippen LogP contribution in [0.3, 0.4) is 0 Å². The van der Waals surface area contributed by atoms with Gasteiger partial charge in [-0.2, -0.15) is 0 Å². The van der Waals surface area contributed by atoms with Crippen LogP contribution in [-0.2, 0) is 27.3 Å². The summed E-state index contributed by atoms with van der Waals surface area (Å²) < 4.78 is 0. The number of anilines is 2. The quantitative estimate of drug-likeness (QED) is 0.850. The van der Waals surface area contributed by atoms with E-state index < -0.39 is 0 Å². The van der Waals surface area contributed by atoms with Crippen molar-refractivity contribution in [2.75, 3.05) is 22.9 Å². The molecule has 0 bridgehead atoms. The van der Waals surface area contributed by atoms with Crippen molar-refractivity contribution in [3.8, 4) is 0 Å². The number of rotatable bonds is 4. The predicted molar refractivity (Wildman–Crippen MR) is 116 cm³/mol. The van der Waals surface area contributed by atoms with Gasteiger partial charge in [-0.25, -0.2) is 0 Å². The maximum Gasteiger partial charge on any atom is 0.227 e. The van der Waals surface area contributed by atoms with Gasteiger partial charge in [0.1, 0.15) is 0 Å². The summed E-state index contributed by atoms with van der Waals surface area (Å²) >= 11 is 0. The number of hydrogen-bond acceptors (Lipinski definition) is 3. The third-order valence-corrected chi connectivity index (χ3v) is 6.18. The Hall–Kier alpha value is -3.15. The zero-order valence-electron chi connectivity index (χ0n) is 17.7. The Morgan fingerprint density at radius 1 is 1.10 bits per heavy atom. The molecule has 0 spiro atoms. The molecule has 0 aromatic heterocycles. The molecule has 6 nitrogen and oxygen atoms in total. The topological polar surface area (TPSA) is 69.7 Å². The van der Waals surface area contributed by atoms with E-state index in [4.69, 9.17) is 0 Å². The van der Waals surface area contributed by atoms with E-state index >= 15 is 0 Å². The average Bonchev–Trinajstić information content (AvgIpc) is 3.31. The van der Waals surface area contributed by atoms with Gasteiger partial charge in [-0.3, -0.25) is 14.4 Å². The van der Waals surface area contributed by atoms with Gasteiger partial charge in [-0.15, -0.1) is 0 Å². The molecule has 0 aliphatic carbocycles. The maximum atomic E-state index is 12.7. The zero-order valence-corrected chi connectivity index (χ0v) is 17.7. The van der Waals surface area contributed by atoms with Crippen LogP contribution in [0.15, 0.2) is 36.4 Å². The third kappa shape index (κ3) is 3.82. The van der Waals surface area contributed by atoms with Crippen LogP contribution in [0, 0.1) is 19.8 Å². The average molecular weight is 405 g/mol. The number of nitrogens with one attached hydrogen (secondary N) is 1. The lowest BCUT2D eigenvalue weighted by Gasteiger charge is -2.19. The summed E-state index contributed by atoms with van der Waals surface area (Å²) in [6, 6.07) is 11.9. The summed E-state index contributed by atoms with van der Waals surface area (Å²) in [4.78, 5) is 40.4. The Balaban J connectivity index is 1.41. The summed E-state index contributed by atoms with van der Waals surface area (Å²) in [6.45, 7) is 7.20. The Labute approximate surface area is 176 Å². The van der Waals surface area contributed by atoms with Crippen molar-refractivity contribution < 1.29 is 14.4 Å². The minimum Gasteiger partial charge on any atom is -0.352 e. The van der Waals surface area contributed by atoms with Crippen LogP contribution < -0.4 is 15.1 Å². The lowest BCUT2D eigenvalue weighted by Crippen LogP contribution is -2.32. The Morgan fingerprint density at radius 2 is 1.90 bits per heavy atom. The van der Waals surface area contributed by atoms with Crippen LogP contribution in [0.4, 0.5) is 11.4 Å². The molecule has 6 heteroatoms. The van der Waals surface area contributed by atoms with Gasteiger partial charge in [0, 0.05) is 44.4 Å². The fourth-order valence-electron chi connectivity index (χ4n) is 4.26. The van der Waals surface area contributed by atoms with Gasteiger partial charge in [0.2, 0.25) is 17.7 Å². The van der Waals surface area contributed by atoms with Crippen LogP contribution in [0.2, 0.25) is 0 Å². The van der Waals surface area contributed by atoms with Crippen LogP contribution in [0.5, 0.6) is 0 Å². The molecule has 1 saturated heterocycles. The fraction of sp³-hybridized carbons (Fsp3) is 0.375. The normalized spacial score (nSPS) is 18.0. The van der Waals surface area contributed by atoms with Gasteiger partial charge in [-0.1, -0.05) is 18.2 Å². The van der Waals surface area contributed by atoms with Crippen molar-refractivity contribution in [2.45, 2.75) is 40.2 Å². The van der Waals surface area contributed by atoms with E-state index in [0.717, 1.165) is 28.9 Å². The van der Waals surface area contributed by atoms with E-state index in [-0.39, 0.29) is 30.1 Å². The summed E-state index contributed by atoms with van der Waals surface area (Å²) in [5.41, 5.74) is 6.26. The molecule has 2 aromatic rings. The van der Waals surface area contributed by atoms with Gasteiger partial charge in [0.15, 0.2) is 0 Å². The van der Waals surface area contributed by atoms with Gasteiger partial charge < -0.3 is 15.1 Å². The van der Waals surface area contributed by atoms with Crippen molar-refractivity contribution in [1.82, 2.24) is 5.32 Å². The summed E-state index contributed by atoms with van der Waals surface area (Å²) in [7, 11) is 0. The van der Waals surface area contributed by atoms with E-state index in [1.54, 1.807) is 16.7 Å². The number of amides is 3. The molecule has 2 heterocycles. The van der Waals surface area contributed by atoms with Crippen LogP contribution >= 0.6 is 0 Å². The third-order valence-electron chi connectivity index (χ3n) is 6.18. The van der Waals surface area contributed by atoms with Gasteiger partial charge in [0.25, 0.3) is 0 Å². The molecule has 30 heavy (non-hydrogen) atoms. The smallest absolute Gasteiger partial charge is 0.227 e. The molecule has 4 rings (SSSR count). The highest BCUT2D eigenvalue weighted by Crippen LogP contribution is 2.34. The molecule has 2 aliphatic heterocycles. The summed E-state index contributed by atoms with van der Waals surface area (Å²) in [6.07, 6.45) is 1.00. The molecule has 2 aromatic carbocycles. The number of benzene rings is 2. The second-order valence-corrected chi connectivity index (χ2v) is 8.28. The molecule has 0 saturated carbocycles. The first-order valence-electron chi connectivity index (χ1n) is 10.4. The van der Waals surface area contributed by atoms with Crippen molar-refractivity contribution in [2.24, 2.45) is 5.92 Å². The van der Waals surface area contributed by atoms with Crippen LogP contribution in [0.1, 0.15) is 35.6 Å². The molecule has 3 amide bonds. The maximum absolute atomic E-state index is 12.7. The first kappa shape index (κ1) is 20.1. The molecule has 1 fully saturated rings. The standard InChI is InChI=1S/C24H27N3O3/c1-15-4-5-18(10-16(15)2)13-25-24(30)20-12-23(29)27(14-20)21-6-7-22-19(11-21)8-9-26(22)17(3)28/h4-7,10-11,20H,8-9,12-14H2,1-3H3,(H,25,30)/t20-/m1/s1. The van der Waals surface area contributed by atoms with Crippen molar-refractivity contribution >= 4 is 29.1 Å².